The number of ether oxygens (including phenoxy) is 1. The molecule has 1 aliphatic heterocycles. The van der Waals surface area contributed by atoms with Crippen LogP contribution in [0.5, 0.6) is 0 Å². The number of amides is 1. The average Bonchev–Trinajstić information content (AvgIpc) is 2.46. The van der Waals surface area contributed by atoms with Crippen molar-refractivity contribution in [1.29, 1.82) is 5.26 Å². The number of nitriles is 1. The third-order valence-electron chi connectivity index (χ3n) is 3.44. The number of rotatable bonds is 3. The van der Waals surface area contributed by atoms with Gasteiger partial charge in [0.1, 0.15) is 6.61 Å². The number of carboxylic acid groups (broad SMARTS) is 1. The molecule has 1 heterocycles. The molecule has 6 nitrogen and oxygen atoms in total. The Kier molecular flexibility index (Phi) is 4.24. The van der Waals surface area contributed by atoms with Crippen LogP contribution in [0.15, 0.2) is 24.3 Å². The Bertz CT molecular complexity index is 589. The van der Waals surface area contributed by atoms with Crippen molar-refractivity contribution in [3.8, 4) is 6.07 Å². The standard InChI is InChI=1S/C15H16N2O4/c1-9(2)17-12(18)8-21-14(15(19)20)13(17)11-5-3-10(7-16)4-6-11/h3-6,9,13-14H,8H2,1-2H3,(H,19,20). The molecule has 0 saturated carbocycles. The lowest BCUT2D eigenvalue weighted by Gasteiger charge is -2.41. The molecule has 2 rings (SSSR count). The summed E-state index contributed by atoms with van der Waals surface area (Å²) in [6.07, 6.45) is -1.11. The van der Waals surface area contributed by atoms with Gasteiger partial charge in [0.15, 0.2) is 6.10 Å². The van der Waals surface area contributed by atoms with Gasteiger partial charge in [-0.25, -0.2) is 4.79 Å². The van der Waals surface area contributed by atoms with Gasteiger partial charge in [-0.1, -0.05) is 12.1 Å². The van der Waals surface area contributed by atoms with Gasteiger partial charge in [0.05, 0.1) is 17.7 Å². The van der Waals surface area contributed by atoms with Gasteiger partial charge in [0.2, 0.25) is 5.91 Å². The van der Waals surface area contributed by atoms with E-state index in [2.05, 4.69) is 0 Å². The Hall–Kier alpha value is -2.39. The maximum Gasteiger partial charge on any atom is 0.335 e. The van der Waals surface area contributed by atoms with E-state index in [1.165, 1.54) is 4.90 Å². The molecule has 6 heteroatoms. The van der Waals surface area contributed by atoms with E-state index < -0.39 is 18.1 Å². The number of hydrogen-bond donors (Lipinski definition) is 1. The lowest BCUT2D eigenvalue weighted by atomic mass is 9.95. The number of benzene rings is 1. The summed E-state index contributed by atoms with van der Waals surface area (Å²) in [5.74, 6) is -1.35. The normalized spacial score (nSPS) is 22.2. The van der Waals surface area contributed by atoms with Gasteiger partial charge in [0, 0.05) is 6.04 Å². The minimum atomic E-state index is -1.11. The van der Waals surface area contributed by atoms with E-state index in [0.717, 1.165) is 0 Å². The predicted molar refractivity (Wildman–Crippen MR) is 73.3 cm³/mol. The Balaban J connectivity index is 2.46. The fourth-order valence-corrected chi connectivity index (χ4v) is 2.53. The van der Waals surface area contributed by atoms with Crippen LogP contribution >= 0.6 is 0 Å². The van der Waals surface area contributed by atoms with Gasteiger partial charge in [-0.2, -0.15) is 5.26 Å². The van der Waals surface area contributed by atoms with E-state index in [-0.39, 0.29) is 18.6 Å². The van der Waals surface area contributed by atoms with Gasteiger partial charge in [0.25, 0.3) is 0 Å². The summed E-state index contributed by atoms with van der Waals surface area (Å²) >= 11 is 0. The summed E-state index contributed by atoms with van der Waals surface area (Å²) in [6, 6.07) is 7.69. The molecule has 0 radical (unpaired) electrons. The molecule has 1 fully saturated rings. The van der Waals surface area contributed by atoms with Crippen molar-refractivity contribution in [2.75, 3.05) is 6.61 Å². The number of hydrogen-bond acceptors (Lipinski definition) is 4. The predicted octanol–water partition coefficient (Wildman–Crippen LogP) is 1.32. The van der Waals surface area contributed by atoms with E-state index in [1.54, 1.807) is 24.3 Å². The second-order valence-electron chi connectivity index (χ2n) is 5.14. The van der Waals surface area contributed by atoms with E-state index in [1.807, 2.05) is 19.9 Å². The second-order valence-corrected chi connectivity index (χ2v) is 5.14. The molecule has 110 valence electrons. The monoisotopic (exact) mass is 288 g/mol. The van der Waals surface area contributed by atoms with Crippen LogP contribution in [0.2, 0.25) is 0 Å². The van der Waals surface area contributed by atoms with E-state index >= 15 is 0 Å². The van der Waals surface area contributed by atoms with Crippen molar-refractivity contribution in [2.24, 2.45) is 0 Å². The summed E-state index contributed by atoms with van der Waals surface area (Å²) < 4.78 is 5.20. The first-order valence-corrected chi connectivity index (χ1v) is 6.61. The highest BCUT2D eigenvalue weighted by Crippen LogP contribution is 2.32. The molecule has 1 aliphatic rings. The van der Waals surface area contributed by atoms with Crippen molar-refractivity contribution in [3.63, 3.8) is 0 Å². The molecule has 2 unspecified atom stereocenters. The summed E-state index contributed by atoms with van der Waals surface area (Å²) in [6.45, 7) is 3.43. The van der Waals surface area contributed by atoms with Gasteiger partial charge < -0.3 is 14.7 Å². The van der Waals surface area contributed by atoms with Crippen molar-refractivity contribution in [3.05, 3.63) is 35.4 Å². The Morgan fingerprint density at radius 1 is 1.43 bits per heavy atom. The SMILES string of the molecule is CC(C)N1C(=O)COC(C(=O)O)C1c1ccc(C#N)cc1. The molecule has 2 atom stereocenters. The van der Waals surface area contributed by atoms with Crippen LogP contribution in [0.1, 0.15) is 31.0 Å². The number of nitrogens with zero attached hydrogens (tertiary/aromatic N) is 2. The minimum Gasteiger partial charge on any atom is -0.479 e. The van der Waals surface area contributed by atoms with Crippen LogP contribution in [0.3, 0.4) is 0 Å². The van der Waals surface area contributed by atoms with Gasteiger partial charge in [-0.3, -0.25) is 4.79 Å². The highest BCUT2D eigenvalue weighted by Gasteiger charge is 2.42. The Morgan fingerprint density at radius 3 is 2.52 bits per heavy atom. The topological polar surface area (TPSA) is 90.6 Å². The summed E-state index contributed by atoms with van der Waals surface area (Å²) in [4.78, 5) is 25.0. The molecule has 0 bridgehead atoms. The third-order valence-corrected chi connectivity index (χ3v) is 3.44. The minimum absolute atomic E-state index is 0.149. The van der Waals surface area contributed by atoms with Gasteiger partial charge in [-0.15, -0.1) is 0 Å². The van der Waals surface area contributed by atoms with Crippen LogP contribution in [-0.4, -0.2) is 40.6 Å². The first-order chi connectivity index (χ1) is 9.95. The maximum atomic E-state index is 12.1. The van der Waals surface area contributed by atoms with Crippen molar-refractivity contribution >= 4 is 11.9 Å². The quantitative estimate of drug-likeness (QED) is 0.905. The lowest BCUT2D eigenvalue weighted by molar-refractivity contribution is -0.175. The van der Waals surface area contributed by atoms with Gasteiger partial charge >= 0.3 is 5.97 Å². The molecule has 0 aromatic heterocycles. The van der Waals surface area contributed by atoms with E-state index in [0.29, 0.717) is 11.1 Å². The first-order valence-electron chi connectivity index (χ1n) is 6.61. The number of carbonyl (C=O) groups excluding carboxylic acids is 1. The van der Waals surface area contributed by atoms with E-state index in [4.69, 9.17) is 10.00 Å². The number of carboxylic acids is 1. The smallest absolute Gasteiger partial charge is 0.335 e. The fourth-order valence-electron chi connectivity index (χ4n) is 2.53. The zero-order chi connectivity index (χ0) is 15.6. The van der Waals surface area contributed by atoms with Crippen molar-refractivity contribution in [1.82, 2.24) is 4.90 Å². The first kappa shape index (κ1) is 15.0. The molecular formula is C15H16N2O4. The third kappa shape index (κ3) is 2.88. The Labute approximate surface area is 122 Å². The molecule has 1 aromatic rings. The molecular weight excluding hydrogens is 272 g/mol. The summed E-state index contributed by atoms with van der Waals surface area (Å²) in [5.41, 5.74) is 1.12. The van der Waals surface area contributed by atoms with Crippen molar-refractivity contribution < 1.29 is 19.4 Å². The maximum absolute atomic E-state index is 12.1. The highest BCUT2D eigenvalue weighted by molar-refractivity contribution is 5.83. The van der Waals surface area contributed by atoms with E-state index in [9.17, 15) is 14.7 Å². The number of aliphatic carboxylic acids is 1. The largest absolute Gasteiger partial charge is 0.479 e. The zero-order valence-electron chi connectivity index (χ0n) is 11.8. The molecule has 21 heavy (non-hydrogen) atoms. The van der Waals surface area contributed by atoms with Crippen LogP contribution in [0.4, 0.5) is 0 Å². The van der Waals surface area contributed by atoms with Gasteiger partial charge in [-0.05, 0) is 31.5 Å². The van der Waals surface area contributed by atoms with Crippen LogP contribution < -0.4 is 0 Å². The second kappa shape index (κ2) is 5.94. The van der Waals surface area contributed by atoms with Crippen LogP contribution in [0, 0.1) is 11.3 Å². The average molecular weight is 288 g/mol. The number of carbonyl (C=O) groups is 2. The molecule has 1 N–H and O–H groups in total. The zero-order valence-corrected chi connectivity index (χ0v) is 11.8. The molecule has 1 aromatic carbocycles. The van der Waals surface area contributed by atoms with Crippen molar-refractivity contribution in [2.45, 2.75) is 32.0 Å². The number of morpholine rings is 1. The molecule has 1 amide bonds. The summed E-state index contributed by atoms with van der Waals surface area (Å²) in [5, 5.41) is 18.2. The summed E-state index contributed by atoms with van der Waals surface area (Å²) in [7, 11) is 0. The van der Waals surface area contributed by atoms with Crippen LogP contribution in [0.25, 0.3) is 0 Å². The fraction of sp³-hybridized carbons (Fsp3) is 0.400. The molecule has 0 aliphatic carbocycles. The highest BCUT2D eigenvalue weighted by atomic mass is 16.5. The molecule has 1 saturated heterocycles. The lowest BCUT2D eigenvalue weighted by Crippen LogP contribution is -2.54. The Morgan fingerprint density at radius 2 is 2.05 bits per heavy atom. The molecule has 0 spiro atoms. The van der Waals surface area contributed by atoms with Crippen LogP contribution in [-0.2, 0) is 14.3 Å².